The van der Waals surface area contributed by atoms with Crippen LogP contribution in [-0.4, -0.2) is 93.4 Å². The Kier molecular flexibility index (Phi) is 8.21. The van der Waals surface area contributed by atoms with Gasteiger partial charge < -0.3 is 14.7 Å². The zero-order valence-corrected chi connectivity index (χ0v) is 25.6. The van der Waals surface area contributed by atoms with Gasteiger partial charge in [0.25, 0.3) is 5.56 Å². The van der Waals surface area contributed by atoms with E-state index >= 15 is 0 Å². The van der Waals surface area contributed by atoms with Gasteiger partial charge in [0.05, 0.1) is 40.8 Å². The summed E-state index contributed by atoms with van der Waals surface area (Å²) in [7, 11) is 0. The Hall–Kier alpha value is -4.53. The lowest BCUT2D eigenvalue weighted by Gasteiger charge is -2.45. The van der Waals surface area contributed by atoms with Crippen molar-refractivity contribution in [2.24, 2.45) is 0 Å². The first-order valence-corrected chi connectivity index (χ1v) is 15.3. The molecular formula is C32H34ClN9O2. The van der Waals surface area contributed by atoms with Gasteiger partial charge in [-0.05, 0) is 36.7 Å². The number of rotatable bonds is 8. The first-order valence-electron chi connectivity index (χ1n) is 14.9. The summed E-state index contributed by atoms with van der Waals surface area (Å²) in [6, 6.07) is 13.5. The van der Waals surface area contributed by atoms with Gasteiger partial charge in [-0.1, -0.05) is 56.3 Å². The minimum atomic E-state index is -0.380. The van der Waals surface area contributed by atoms with Crippen molar-refractivity contribution in [3.05, 3.63) is 70.6 Å². The minimum Gasteiger partial charge on any atom is -0.352 e. The molecule has 0 radical (unpaired) electrons. The topological polar surface area (TPSA) is 114 Å². The molecule has 6 rings (SSSR count). The van der Waals surface area contributed by atoms with Gasteiger partial charge in [0.2, 0.25) is 11.9 Å². The van der Waals surface area contributed by atoms with E-state index in [9.17, 15) is 14.9 Å². The number of nitriles is 1. The van der Waals surface area contributed by atoms with Gasteiger partial charge in [-0.15, -0.1) is 0 Å². The highest BCUT2D eigenvalue weighted by Gasteiger charge is 2.35. The number of hydrogen-bond donors (Lipinski definition) is 0. The molecule has 0 N–H and O–H groups in total. The van der Waals surface area contributed by atoms with Crippen LogP contribution in [0.2, 0.25) is 5.02 Å². The maximum absolute atomic E-state index is 14.2. The lowest BCUT2D eigenvalue weighted by atomic mass is 10.1. The van der Waals surface area contributed by atoms with Crippen LogP contribution in [0, 0.1) is 11.3 Å². The van der Waals surface area contributed by atoms with Crippen molar-refractivity contribution in [2.45, 2.75) is 32.4 Å². The Morgan fingerprint density at radius 3 is 2.57 bits per heavy atom. The summed E-state index contributed by atoms with van der Waals surface area (Å²) >= 11 is 6.61. The Labute approximate surface area is 260 Å². The molecule has 0 bridgehead atoms. The summed E-state index contributed by atoms with van der Waals surface area (Å²) in [6.07, 6.45) is 3.07. The lowest BCUT2D eigenvalue weighted by molar-refractivity contribution is -0.128. The van der Waals surface area contributed by atoms with Crippen molar-refractivity contribution in [1.29, 1.82) is 5.26 Å². The number of carbonyl (C=O) groups excluding carboxylic acids is 1. The third-order valence-electron chi connectivity index (χ3n) is 8.71. The molecule has 2 fully saturated rings. The van der Waals surface area contributed by atoms with Gasteiger partial charge in [0.1, 0.15) is 11.3 Å². The van der Waals surface area contributed by atoms with E-state index in [1.165, 1.54) is 10.8 Å². The zero-order valence-electron chi connectivity index (χ0n) is 24.9. The Morgan fingerprint density at radius 1 is 1.11 bits per heavy atom. The highest BCUT2D eigenvalue weighted by molar-refractivity contribution is 6.36. The highest BCUT2D eigenvalue weighted by atomic mass is 35.5. The number of anilines is 2. The molecule has 0 spiro atoms. The molecule has 44 heavy (non-hydrogen) atoms. The molecule has 0 saturated carbocycles. The van der Waals surface area contributed by atoms with E-state index in [4.69, 9.17) is 21.6 Å². The molecule has 2 aliphatic heterocycles. The molecule has 4 aromatic rings. The number of likely N-dealkylation sites (N-methyl/N-ethyl adjacent to an activating group) is 1. The second kappa shape index (κ2) is 12.2. The van der Waals surface area contributed by atoms with Gasteiger partial charge >= 0.3 is 0 Å². The Morgan fingerprint density at radius 2 is 1.86 bits per heavy atom. The second-order valence-corrected chi connectivity index (χ2v) is 11.5. The normalized spacial score (nSPS) is 17.2. The maximum atomic E-state index is 14.2. The number of carbonyl (C=O) groups is 1. The van der Waals surface area contributed by atoms with Gasteiger partial charge in [-0.25, -0.2) is 4.98 Å². The molecule has 1 amide bonds. The number of aromatic nitrogens is 4. The molecule has 2 saturated heterocycles. The summed E-state index contributed by atoms with van der Waals surface area (Å²) in [5.74, 6) is 0.834. The Balaban J connectivity index is 1.47. The first-order chi connectivity index (χ1) is 21.4. The zero-order chi connectivity index (χ0) is 31.0. The van der Waals surface area contributed by atoms with E-state index in [0.29, 0.717) is 53.5 Å². The minimum absolute atomic E-state index is 0.163. The summed E-state index contributed by atoms with van der Waals surface area (Å²) in [5, 5.41) is 16.8. The molecule has 226 valence electrons. The van der Waals surface area contributed by atoms with Crippen molar-refractivity contribution >= 4 is 50.9 Å². The van der Waals surface area contributed by atoms with Crippen LogP contribution in [0.25, 0.3) is 27.4 Å². The van der Waals surface area contributed by atoms with E-state index in [0.717, 1.165) is 37.0 Å². The molecule has 11 nitrogen and oxygen atoms in total. The molecule has 4 heterocycles. The van der Waals surface area contributed by atoms with Crippen LogP contribution in [-0.2, 0) is 4.79 Å². The SMILES string of the molecule is C=CC(=O)N1CCN(c2nc(N3CC(N(CC)CC)C3)nc3c(=O)n(-c4cccc5cccc(Cl)c45)ncc23)CC1CC#N. The van der Waals surface area contributed by atoms with Crippen molar-refractivity contribution < 1.29 is 4.79 Å². The van der Waals surface area contributed by atoms with Crippen molar-refractivity contribution in [1.82, 2.24) is 29.5 Å². The fourth-order valence-electron chi connectivity index (χ4n) is 6.33. The largest absolute Gasteiger partial charge is 0.352 e. The molecule has 2 aliphatic rings. The number of nitrogens with zero attached hydrogens (tertiary/aromatic N) is 9. The van der Waals surface area contributed by atoms with E-state index < -0.39 is 0 Å². The average Bonchev–Trinajstić information content (AvgIpc) is 3.02. The van der Waals surface area contributed by atoms with Crippen LogP contribution in [0.5, 0.6) is 0 Å². The number of hydrogen-bond acceptors (Lipinski definition) is 9. The number of halogens is 1. The number of amides is 1. The Bertz CT molecular complexity index is 1840. The molecule has 2 aromatic carbocycles. The average molecular weight is 612 g/mol. The van der Waals surface area contributed by atoms with Crippen LogP contribution in [0.15, 0.2) is 60.0 Å². The maximum Gasteiger partial charge on any atom is 0.298 e. The summed E-state index contributed by atoms with van der Waals surface area (Å²) in [6.45, 7) is 12.6. The molecule has 1 atom stereocenters. The standard InChI is InChI=1S/C32H34ClN9O2/c1-4-27(43)41-16-15-39(18-22(41)13-14-34)30-24-17-35-42(26-12-8-10-21-9-7-11-25(33)28(21)26)31(44)29(24)36-32(37-30)40-19-23(20-40)38(5-2)6-3/h4,7-12,17,22-23H,1,5-6,13,15-16,18-20H2,2-3H3. The highest BCUT2D eigenvalue weighted by Crippen LogP contribution is 2.32. The molecule has 0 aliphatic carbocycles. The van der Waals surface area contributed by atoms with Crippen LogP contribution >= 0.6 is 11.6 Å². The fraction of sp³-hybridized carbons (Fsp3) is 0.375. The van der Waals surface area contributed by atoms with E-state index in [1.54, 1.807) is 17.2 Å². The molecule has 1 unspecified atom stereocenters. The third-order valence-corrected chi connectivity index (χ3v) is 9.03. The van der Waals surface area contributed by atoms with E-state index in [1.807, 2.05) is 35.2 Å². The molecule has 12 heteroatoms. The van der Waals surface area contributed by atoms with Crippen LogP contribution < -0.4 is 15.4 Å². The van der Waals surface area contributed by atoms with Crippen LogP contribution in [0.4, 0.5) is 11.8 Å². The predicted octanol–water partition coefficient (Wildman–Crippen LogP) is 3.63. The number of piperazine rings is 1. The summed E-state index contributed by atoms with van der Waals surface area (Å²) in [4.78, 5) is 44.8. The van der Waals surface area contributed by atoms with Crippen LogP contribution in [0.1, 0.15) is 20.3 Å². The monoisotopic (exact) mass is 611 g/mol. The second-order valence-electron chi connectivity index (χ2n) is 11.1. The van der Waals surface area contributed by atoms with Gasteiger partial charge in [0.15, 0.2) is 0 Å². The molecular weight excluding hydrogens is 578 g/mol. The van der Waals surface area contributed by atoms with Gasteiger partial charge in [-0.3, -0.25) is 14.5 Å². The quantitative estimate of drug-likeness (QED) is 0.276. The van der Waals surface area contributed by atoms with E-state index in [2.05, 4.69) is 41.4 Å². The van der Waals surface area contributed by atoms with Gasteiger partial charge in [0, 0.05) is 44.2 Å². The summed E-state index contributed by atoms with van der Waals surface area (Å²) in [5.41, 5.74) is 0.435. The lowest BCUT2D eigenvalue weighted by Crippen LogP contribution is -2.60. The fourth-order valence-corrected chi connectivity index (χ4v) is 6.61. The predicted molar refractivity (Wildman–Crippen MR) is 173 cm³/mol. The third kappa shape index (κ3) is 5.14. The van der Waals surface area contributed by atoms with Crippen molar-refractivity contribution in [2.75, 3.05) is 55.6 Å². The summed E-state index contributed by atoms with van der Waals surface area (Å²) < 4.78 is 1.35. The van der Waals surface area contributed by atoms with E-state index in [-0.39, 0.29) is 29.4 Å². The molecule has 2 aromatic heterocycles. The van der Waals surface area contributed by atoms with Crippen molar-refractivity contribution in [3.8, 4) is 11.8 Å². The van der Waals surface area contributed by atoms with Gasteiger partial charge in [-0.2, -0.15) is 20.0 Å². The number of fused-ring (bicyclic) bond motifs is 2. The number of benzene rings is 2. The first kappa shape index (κ1) is 29.5. The van der Waals surface area contributed by atoms with Crippen LogP contribution in [0.3, 0.4) is 0 Å². The van der Waals surface area contributed by atoms with Crippen molar-refractivity contribution in [3.63, 3.8) is 0 Å². The smallest absolute Gasteiger partial charge is 0.298 e.